The fraction of sp³-hybridized carbons (Fsp3) is 0.735. The van der Waals surface area contributed by atoms with E-state index in [4.69, 9.17) is 9.47 Å². The molecule has 1 N–H and O–H groups in total. The van der Waals surface area contributed by atoms with Crippen LogP contribution in [0, 0.1) is 0 Å². The van der Waals surface area contributed by atoms with Crippen LogP contribution < -0.4 is 15.0 Å². The van der Waals surface area contributed by atoms with Gasteiger partial charge in [0, 0.05) is 19.7 Å². The third-order valence-electron chi connectivity index (χ3n) is 8.47. The number of imide groups is 1. The molecule has 11 heteroatoms. The number of nitrogens with zero attached hydrogens (tertiary/aromatic N) is 3. The first-order valence-electron chi connectivity index (χ1n) is 17.0. The van der Waals surface area contributed by atoms with Gasteiger partial charge in [-0.25, -0.2) is 14.2 Å². The number of nitrogens with one attached hydrogen (secondary N) is 1. The second-order valence-electron chi connectivity index (χ2n) is 12.1. The van der Waals surface area contributed by atoms with Crippen molar-refractivity contribution in [1.82, 2.24) is 15.1 Å². The third-order valence-corrected chi connectivity index (χ3v) is 8.47. The average molecular weight is 633 g/mol. The van der Waals surface area contributed by atoms with Gasteiger partial charge in [0.15, 0.2) is 18.9 Å². The molecular formula is C34H56N4O7. The number of unbranched alkanes of at least 4 members (excludes halogenated alkanes) is 12. The number of ether oxygens (including phenoxy) is 2. The normalized spacial score (nSPS) is 14.6. The van der Waals surface area contributed by atoms with Gasteiger partial charge in [0.2, 0.25) is 0 Å². The third kappa shape index (κ3) is 15.1. The topological polar surface area (TPSA) is 132 Å². The second kappa shape index (κ2) is 22.3. The van der Waals surface area contributed by atoms with Crippen molar-refractivity contribution in [2.75, 3.05) is 33.4 Å². The number of carboxylic acids is 1. The Balaban J connectivity index is 1.59. The molecule has 2 unspecified atom stereocenters. The van der Waals surface area contributed by atoms with E-state index in [1.165, 1.54) is 87.8 Å². The number of carboxylic acid groups (broad SMARTS) is 1. The van der Waals surface area contributed by atoms with Crippen molar-refractivity contribution in [2.24, 2.45) is 0 Å². The molecule has 1 fully saturated rings. The molecule has 2 atom stereocenters. The number of aromatic nitrogens is 1. The molecule has 1 aliphatic rings. The Labute approximate surface area is 269 Å². The maximum atomic E-state index is 12.7. The van der Waals surface area contributed by atoms with Crippen LogP contribution in [-0.2, 0) is 20.8 Å². The number of aromatic carboxylic acids is 1. The van der Waals surface area contributed by atoms with Crippen LogP contribution in [0.3, 0.4) is 0 Å². The summed E-state index contributed by atoms with van der Waals surface area (Å²) in [5.74, 6) is -1.61. The molecule has 0 radical (unpaired) electrons. The summed E-state index contributed by atoms with van der Waals surface area (Å²) in [6.45, 7) is 4.92. The fourth-order valence-corrected chi connectivity index (χ4v) is 5.57. The predicted molar refractivity (Wildman–Crippen MR) is 169 cm³/mol. The van der Waals surface area contributed by atoms with Gasteiger partial charge in [-0.3, -0.25) is 9.69 Å². The van der Waals surface area contributed by atoms with E-state index in [2.05, 4.69) is 12.2 Å². The number of alkyl carbamates (subject to hydrolysis) is 1. The number of carbonyl (C=O) groups excluding carboxylic acids is 4. The molecule has 11 nitrogen and oxygen atoms in total. The highest BCUT2D eigenvalue weighted by Crippen LogP contribution is 2.15. The summed E-state index contributed by atoms with van der Waals surface area (Å²) in [6, 6.07) is 2.43. The van der Waals surface area contributed by atoms with E-state index in [1.54, 1.807) is 23.9 Å². The molecule has 45 heavy (non-hydrogen) atoms. The maximum Gasteiger partial charge on any atom is 0.407 e. The lowest BCUT2D eigenvalue weighted by Crippen LogP contribution is -2.44. The van der Waals surface area contributed by atoms with Crippen LogP contribution in [0.15, 0.2) is 24.5 Å². The zero-order valence-electron chi connectivity index (χ0n) is 27.8. The summed E-state index contributed by atoms with van der Waals surface area (Å²) in [5.41, 5.74) is 0.0184. The van der Waals surface area contributed by atoms with Gasteiger partial charge in [-0.1, -0.05) is 90.4 Å². The van der Waals surface area contributed by atoms with E-state index in [0.717, 1.165) is 24.2 Å². The van der Waals surface area contributed by atoms with Crippen molar-refractivity contribution in [3.8, 4) is 0 Å². The summed E-state index contributed by atoms with van der Waals surface area (Å²) in [6.07, 6.45) is 20.4. The van der Waals surface area contributed by atoms with E-state index in [1.807, 2.05) is 6.92 Å². The quantitative estimate of drug-likeness (QED) is 0.0947. The number of hydrogen-bond acceptors (Lipinski definition) is 7. The lowest BCUT2D eigenvalue weighted by atomic mass is 10.0. The first-order valence-corrected chi connectivity index (χ1v) is 17.0. The van der Waals surface area contributed by atoms with Crippen molar-refractivity contribution in [3.63, 3.8) is 0 Å². The first-order chi connectivity index (χ1) is 21.8. The number of hydrogen-bond donors (Lipinski definition) is 1. The molecule has 2 rings (SSSR count). The van der Waals surface area contributed by atoms with Gasteiger partial charge < -0.3 is 29.6 Å². The summed E-state index contributed by atoms with van der Waals surface area (Å²) >= 11 is 0. The Morgan fingerprint density at radius 2 is 1.58 bits per heavy atom. The summed E-state index contributed by atoms with van der Waals surface area (Å²) in [5, 5.41) is 14.0. The molecule has 2 heterocycles. The van der Waals surface area contributed by atoms with E-state index in [-0.39, 0.29) is 56.4 Å². The van der Waals surface area contributed by atoms with Gasteiger partial charge in [0.1, 0.15) is 6.54 Å². The zero-order chi connectivity index (χ0) is 32.9. The standard InChI is InChI=1S/C34H56N4O7/c1-4-5-6-7-8-9-10-11-12-13-14-15-16-20-30(28(2)44-3)35-33(42)45-25-18-22-37-27-31(39)38(34(37)43)24-23-36-21-17-19-29(26-36)32(40)41/h17,19,21,26,28,30H,4-16,18,20,22-25,27H2,1-3H3,(H-,35,40,41,42). The summed E-state index contributed by atoms with van der Waals surface area (Å²) in [4.78, 5) is 51.3. The summed E-state index contributed by atoms with van der Waals surface area (Å²) < 4.78 is 12.5. The van der Waals surface area contributed by atoms with Crippen LogP contribution in [0.1, 0.15) is 121 Å². The minimum Gasteiger partial charge on any atom is -0.545 e. The number of urea groups is 1. The minimum absolute atomic E-state index is 0.0184. The van der Waals surface area contributed by atoms with Gasteiger partial charge in [-0.05, 0) is 25.8 Å². The van der Waals surface area contributed by atoms with Crippen molar-refractivity contribution in [2.45, 2.75) is 129 Å². The Morgan fingerprint density at radius 3 is 2.18 bits per heavy atom. The van der Waals surface area contributed by atoms with Gasteiger partial charge in [-0.2, -0.15) is 0 Å². The van der Waals surface area contributed by atoms with Crippen molar-refractivity contribution in [1.29, 1.82) is 0 Å². The monoisotopic (exact) mass is 632 g/mol. The van der Waals surface area contributed by atoms with Crippen LogP contribution in [0.4, 0.5) is 9.59 Å². The molecular weight excluding hydrogens is 576 g/mol. The van der Waals surface area contributed by atoms with Gasteiger partial charge >= 0.3 is 12.1 Å². The smallest absolute Gasteiger partial charge is 0.407 e. The van der Waals surface area contributed by atoms with E-state index >= 15 is 0 Å². The molecule has 1 aromatic heterocycles. The number of carbonyl (C=O) groups is 4. The predicted octanol–water partition coefficient (Wildman–Crippen LogP) is 4.60. The average Bonchev–Trinajstić information content (AvgIpc) is 3.30. The highest BCUT2D eigenvalue weighted by atomic mass is 16.5. The minimum atomic E-state index is -1.29. The summed E-state index contributed by atoms with van der Waals surface area (Å²) in [7, 11) is 1.63. The van der Waals surface area contributed by atoms with Gasteiger partial charge in [0.25, 0.3) is 5.91 Å². The highest BCUT2D eigenvalue weighted by molar-refractivity contribution is 6.01. The molecule has 0 saturated carbocycles. The maximum absolute atomic E-state index is 12.7. The zero-order valence-corrected chi connectivity index (χ0v) is 27.8. The molecule has 1 saturated heterocycles. The number of rotatable bonds is 25. The van der Waals surface area contributed by atoms with Crippen LogP contribution in [0.25, 0.3) is 0 Å². The van der Waals surface area contributed by atoms with Crippen LogP contribution in [0.5, 0.6) is 0 Å². The van der Waals surface area contributed by atoms with Crippen LogP contribution in [-0.4, -0.2) is 79.3 Å². The lowest BCUT2D eigenvalue weighted by Gasteiger charge is -2.24. The van der Waals surface area contributed by atoms with Crippen molar-refractivity contribution in [3.05, 3.63) is 30.1 Å². The van der Waals surface area contributed by atoms with Gasteiger partial charge in [0.05, 0.1) is 36.8 Å². The largest absolute Gasteiger partial charge is 0.545 e. The van der Waals surface area contributed by atoms with E-state index in [0.29, 0.717) is 6.42 Å². The van der Waals surface area contributed by atoms with Crippen molar-refractivity contribution < 1.29 is 38.3 Å². The highest BCUT2D eigenvalue weighted by Gasteiger charge is 2.36. The van der Waals surface area contributed by atoms with E-state index in [9.17, 15) is 24.3 Å². The molecule has 0 bridgehead atoms. The number of amides is 4. The lowest BCUT2D eigenvalue weighted by molar-refractivity contribution is -0.696. The molecule has 1 aliphatic heterocycles. The Bertz CT molecular complexity index is 1040. The SMILES string of the molecule is CCCCCCCCCCCCCCCC(NC(=O)OCCCN1CC(=O)N(CC[n+]2cccc(C(=O)[O-])c2)C1=O)C(C)OC. The van der Waals surface area contributed by atoms with E-state index < -0.39 is 18.1 Å². The molecule has 0 spiro atoms. The fourth-order valence-electron chi connectivity index (χ4n) is 5.57. The second-order valence-corrected chi connectivity index (χ2v) is 12.1. The number of pyridine rings is 1. The Morgan fingerprint density at radius 1 is 0.956 bits per heavy atom. The Hall–Kier alpha value is -3.21. The number of methoxy groups -OCH3 is 1. The molecule has 1 aromatic rings. The van der Waals surface area contributed by atoms with Gasteiger partial charge in [-0.15, -0.1) is 0 Å². The van der Waals surface area contributed by atoms with Crippen molar-refractivity contribution >= 4 is 24.0 Å². The Kier molecular flexibility index (Phi) is 18.8. The van der Waals surface area contributed by atoms with Crippen LogP contribution >= 0.6 is 0 Å². The molecule has 0 aliphatic carbocycles. The van der Waals surface area contributed by atoms with Crippen LogP contribution in [0.2, 0.25) is 0 Å². The molecule has 4 amide bonds. The molecule has 0 aromatic carbocycles. The first kappa shape index (κ1) is 38.0. The molecule has 254 valence electrons.